The molecule has 0 spiro atoms. The highest BCUT2D eigenvalue weighted by Gasteiger charge is 2.19. The Kier molecular flexibility index (Phi) is 48.3. The van der Waals surface area contributed by atoms with Crippen molar-refractivity contribution in [2.45, 2.75) is 284 Å². The summed E-state index contributed by atoms with van der Waals surface area (Å²) in [5.74, 6) is -0.883. The molecule has 6 heteroatoms. The second kappa shape index (κ2) is 50.3. The Morgan fingerprint density at radius 1 is 0.328 bits per heavy atom. The molecule has 0 aromatic carbocycles. The van der Waals surface area contributed by atoms with E-state index in [-0.39, 0.29) is 31.1 Å². The molecule has 61 heavy (non-hydrogen) atoms. The third-order valence-electron chi connectivity index (χ3n) is 11.6. The normalized spacial score (nSPS) is 12.2. The fraction of sp³-hybridized carbons (Fsp3) is 0.836. The third-order valence-corrected chi connectivity index (χ3v) is 11.6. The van der Waals surface area contributed by atoms with Gasteiger partial charge in [-0.1, -0.05) is 218 Å². The van der Waals surface area contributed by atoms with Crippen LogP contribution in [0.5, 0.6) is 0 Å². The minimum Gasteiger partial charge on any atom is -0.462 e. The summed E-state index contributed by atoms with van der Waals surface area (Å²) in [6.07, 6.45) is 58.4. The number of unbranched alkanes of at least 4 members (excludes halogenated alkanes) is 31. The molecule has 1 unspecified atom stereocenters. The van der Waals surface area contributed by atoms with Crippen molar-refractivity contribution in [3.05, 3.63) is 36.5 Å². The molecule has 0 amide bonds. The van der Waals surface area contributed by atoms with Gasteiger partial charge in [-0.15, -0.1) is 0 Å². The first kappa shape index (κ1) is 58.6. The maximum atomic E-state index is 12.8. The Hall–Kier alpha value is -2.37. The first-order chi connectivity index (χ1) is 30.0. The maximum Gasteiger partial charge on any atom is 0.306 e. The van der Waals surface area contributed by atoms with Crippen LogP contribution in [0.1, 0.15) is 278 Å². The topological polar surface area (TPSA) is 78.9 Å². The van der Waals surface area contributed by atoms with E-state index in [1.54, 1.807) is 0 Å². The quantitative estimate of drug-likeness (QED) is 0.0262. The van der Waals surface area contributed by atoms with E-state index < -0.39 is 6.10 Å². The van der Waals surface area contributed by atoms with Crippen molar-refractivity contribution in [1.82, 2.24) is 0 Å². The van der Waals surface area contributed by atoms with Crippen LogP contribution in [0.4, 0.5) is 0 Å². The molecule has 0 bridgehead atoms. The van der Waals surface area contributed by atoms with E-state index in [2.05, 4.69) is 57.2 Å². The number of allylic oxidation sites excluding steroid dienone is 6. The van der Waals surface area contributed by atoms with Gasteiger partial charge in [0.15, 0.2) is 6.10 Å². The summed E-state index contributed by atoms with van der Waals surface area (Å²) < 4.78 is 16.8. The van der Waals surface area contributed by atoms with E-state index in [1.807, 2.05) is 0 Å². The van der Waals surface area contributed by atoms with Crippen LogP contribution >= 0.6 is 0 Å². The third kappa shape index (κ3) is 48.5. The lowest BCUT2D eigenvalue weighted by Gasteiger charge is -2.18. The van der Waals surface area contributed by atoms with Crippen molar-refractivity contribution in [3.8, 4) is 0 Å². The molecule has 0 saturated carbocycles. The molecule has 0 radical (unpaired) electrons. The Morgan fingerprint density at radius 2 is 0.590 bits per heavy atom. The molecule has 0 aromatic rings. The van der Waals surface area contributed by atoms with Gasteiger partial charge in [-0.2, -0.15) is 0 Å². The molecule has 0 aliphatic heterocycles. The summed E-state index contributed by atoms with van der Waals surface area (Å²) in [5.41, 5.74) is 0. The number of carbonyl (C=O) groups is 3. The number of hydrogen-bond acceptors (Lipinski definition) is 6. The Bertz CT molecular complexity index is 1030. The zero-order valence-corrected chi connectivity index (χ0v) is 40.7. The van der Waals surface area contributed by atoms with Crippen LogP contribution in [-0.2, 0) is 28.6 Å². The van der Waals surface area contributed by atoms with Gasteiger partial charge >= 0.3 is 17.9 Å². The molecule has 6 nitrogen and oxygen atoms in total. The van der Waals surface area contributed by atoms with E-state index in [1.165, 1.54) is 161 Å². The highest BCUT2D eigenvalue weighted by molar-refractivity contribution is 5.71. The predicted octanol–water partition coefficient (Wildman–Crippen LogP) is 17.3. The highest BCUT2D eigenvalue weighted by Crippen LogP contribution is 2.15. The monoisotopic (exact) mass is 857 g/mol. The van der Waals surface area contributed by atoms with Gasteiger partial charge in [0, 0.05) is 19.3 Å². The van der Waals surface area contributed by atoms with Gasteiger partial charge in [0.25, 0.3) is 0 Å². The number of ether oxygens (including phenoxy) is 3. The van der Waals surface area contributed by atoms with Crippen molar-refractivity contribution < 1.29 is 28.6 Å². The van der Waals surface area contributed by atoms with E-state index in [0.29, 0.717) is 19.3 Å². The van der Waals surface area contributed by atoms with E-state index in [0.717, 1.165) is 77.0 Å². The van der Waals surface area contributed by atoms with Gasteiger partial charge < -0.3 is 14.2 Å². The van der Waals surface area contributed by atoms with Crippen molar-refractivity contribution in [2.75, 3.05) is 13.2 Å². The summed E-state index contributed by atoms with van der Waals surface area (Å²) in [6.45, 7) is 6.61. The minimum absolute atomic E-state index is 0.0754. The van der Waals surface area contributed by atoms with Gasteiger partial charge in [-0.05, 0) is 77.0 Å². The molecular weight excluding hydrogens is 757 g/mol. The summed E-state index contributed by atoms with van der Waals surface area (Å²) >= 11 is 0. The average molecular weight is 857 g/mol. The lowest BCUT2D eigenvalue weighted by Crippen LogP contribution is -2.30. The van der Waals surface area contributed by atoms with Gasteiger partial charge in [-0.25, -0.2) is 0 Å². The van der Waals surface area contributed by atoms with Gasteiger partial charge in [-0.3, -0.25) is 14.4 Å². The smallest absolute Gasteiger partial charge is 0.306 e. The lowest BCUT2D eigenvalue weighted by molar-refractivity contribution is -0.167. The van der Waals surface area contributed by atoms with Crippen LogP contribution in [0.2, 0.25) is 0 Å². The predicted molar refractivity (Wildman–Crippen MR) is 261 cm³/mol. The molecule has 0 fully saturated rings. The van der Waals surface area contributed by atoms with Crippen molar-refractivity contribution in [1.29, 1.82) is 0 Å². The highest BCUT2D eigenvalue weighted by atomic mass is 16.6. The molecule has 0 aliphatic rings. The van der Waals surface area contributed by atoms with E-state index in [4.69, 9.17) is 14.2 Å². The summed E-state index contributed by atoms with van der Waals surface area (Å²) in [6, 6.07) is 0. The van der Waals surface area contributed by atoms with Crippen LogP contribution in [0, 0.1) is 0 Å². The summed E-state index contributed by atoms with van der Waals surface area (Å²) in [5, 5.41) is 0. The summed E-state index contributed by atoms with van der Waals surface area (Å²) in [4.78, 5) is 37.9. The zero-order chi connectivity index (χ0) is 44.4. The van der Waals surface area contributed by atoms with Crippen LogP contribution in [0.25, 0.3) is 0 Å². The van der Waals surface area contributed by atoms with Crippen molar-refractivity contribution >= 4 is 17.9 Å². The second-order valence-corrected chi connectivity index (χ2v) is 17.8. The van der Waals surface area contributed by atoms with Crippen molar-refractivity contribution in [3.63, 3.8) is 0 Å². The minimum atomic E-state index is -0.775. The fourth-order valence-electron chi connectivity index (χ4n) is 7.59. The molecule has 356 valence electrons. The standard InChI is InChI=1S/C55H100O6/c1-4-7-10-13-16-19-22-24-26-27-28-30-31-33-36-39-42-45-48-54(57)60-51-52(50-59-53(56)47-44-41-38-35-21-18-15-12-9-6-3)61-55(58)49-46-43-40-37-34-32-29-25-23-20-17-14-11-8-5-2/h19,22,25-27,29,52H,4-18,20-21,23-24,28,30-51H2,1-3H3/b22-19-,27-26-,29-25-. The van der Waals surface area contributed by atoms with Crippen LogP contribution in [0.15, 0.2) is 36.5 Å². The number of rotatable bonds is 48. The zero-order valence-electron chi connectivity index (χ0n) is 40.7. The lowest BCUT2D eigenvalue weighted by atomic mass is 10.1. The van der Waals surface area contributed by atoms with Crippen LogP contribution in [-0.4, -0.2) is 37.2 Å². The number of carbonyl (C=O) groups excluding carboxylic acids is 3. The number of esters is 3. The molecular formula is C55H100O6. The van der Waals surface area contributed by atoms with E-state index >= 15 is 0 Å². The van der Waals surface area contributed by atoms with Gasteiger partial charge in [0.1, 0.15) is 13.2 Å². The molecule has 0 N–H and O–H groups in total. The Balaban J connectivity index is 4.33. The van der Waals surface area contributed by atoms with Crippen LogP contribution < -0.4 is 0 Å². The number of hydrogen-bond donors (Lipinski definition) is 0. The second-order valence-electron chi connectivity index (χ2n) is 17.8. The fourth-order valence-corrected chi connectivity index (χ4v) is 7.59. The Labute approximate surface area is 378 Å². The molecule has 0 rings (SSSR count). The molecule has 1 atom stereocenters. The summed E-state index contributed by atoms with van der Waals surface area (Å²) in [7, 11) is 0. The SMILES string of the molecule is CCCCCC/C=C\C/C=C\CCCCCCCCCC(=O)OCC(COC(=O)CCCCCCCCCCCC)OC(=O)CCCCCCC/C=C\CCCCCCCC. The first-order valence-electron chi connectivity index (χ1n) is 26.5. The molecule has 0 heterocycles. The maximum absolute atomic E-state index is 12.8. The van der Waals surface area contributed by atoms with Gasteiger partial charge in [0.05, 0.1) is 0 Å². The van der Waals surface area contributed by atoms with Gasteiger partial charge in [0.2, 0.25) is 0 Å². The first-order valence-corrected chi connectivity index (χ1v) is 26.5. The average Bonchev–Trinajstić information content (AvgIpc) is 3.26. The molecule has 0 saturated heterocycles. The van der Waals surface area contributed by atoms with E-state index in [9.17, 15) is 14.4 Å². The largest absolute Gasteiger partial charge is 0.462 e. The molecule has 0 aliphatic carbocycles. The Morgan fingerprint density at radius 3 is 0.934 bits per heavy atom. The molecule has 0 aromatic heterocycles. The van der Waals surface area contributed by atoms with Crippen LogP contribution in [0.3, 0.4) is 0 Å². The van der Waals surface area contributed by atoms with Crippen molar-refractivity contribution in [2.24, 2.45) is 0 Å².